The molecule has 1 saturated carbocycles. The van der Waals surface area contributed by atoms with Crippen molar-refractivity contribution in [1.82, 2.24) is 4.90 Å². The quantitative estimate of drug-likeness (QED) is 0.799. The van der Waals surface area contributed by atoms with Gasteiger partial charge in [0.1, 0.15) is 11.4 Å². The predicted molar refractivity (Wildman–Crippen MR) is 106 cm³/mol. The lowest BCUT2D eigenvalue weighted by molar-refractivity contribution is -0.151. The lowest BCUT2D eigenvalue weighted by Crippen LogP contribution is -2.56. The number of hydrogen-bond acceptors (Lipinski definition) is 3. The van der Waals surface area contributed by atoms with E-state index in [0.29, 0.717) is 18.5 Å². The molecule has 0 radical (unpaired) electrons. The number of rotatable bonds is 5. The van der Waals surface area contributed by atoms with E-state index in [9.17, 15) is 23.9 Å². The Morgan fingerprint density at radius 1 is 1.00 bits per heavy atom. The third-order valence-corrected chi connectivity index (χ3v) is 5.50. The number of aliphatic carboxylic acids is 1. The molecule has 0 bridgehead atoms. The van der Waals surface area contributed by atoms with Gasteiger partial charge in [0.05, 0.1) is 0 Å². The summed E-state index contributed by atoms with van der Waals surface area (Å²) in [5.41, 5.74) is -0.239. The number of benzene rings is 2. The van der Waals surface area contributed by atoms with Gasteiger partial charge < -0.3 is 15.3 Å². The smallest absolute Gasteiger partial charge is 0.329 e. The van der Waals surface area contributed by atoms with Crippen molar-refractivity contribution in [2.45, 2.75) is 37.6 Å². The monoisotopic (exact) mass is 398 g/mol. The van der Waals surface area contributed by atoms with E-state index in [4.69, 9.17) is 0 Å². The average Bonchev–Trinajstić information content (AvgIpc) is 2.73. The zero-order chi connectivity index (χ0) is 21.0. The van der Waals surface area contributed by atoms with Gasteiger partial charge in [0.15, 0.2) is 0 Å². The minimum Gasteiger partial charge on any atom is -0.479 e. The molecule has 2 aromatic carbocycles. The van der Waals surface area contributed by atoms with Gasteiger partial charge in [0.25, 0.3) is 11.8 Å². The normalized spacial score (nSPS) is 15.4. The van der Waals surface area contributed by atoms with Crippen molar-refractivity contribution in [2.24, 2.45) is 0 Å². The standard InChI is InChI=1S/C22H23FN2O4/c1-25(22(21(28)29)12-3-2-4-13-22)20(27)16-6-5-7-18(14-16)24-19(26)15-8-10-17(23)11-9-15/h5-11,14H,2-4,12-13H2,1H3,(H,24,26)(H,28,29). The fourth-order valence-corrected chi connectivity index (χ4v) is 3.75. The fraction of sp³-hybridized carbons (Fsp3) is 0.318. The van der Waals surface area contributed by atoms with Crippen molar-refractivity contribution < 1.29 is 23.9 Å². The van der Waals surface area contributed by atoms with E-state index in [1.807, 2.05) is 0 Å². The number of anilines is 1. The van der Waals surface area contributed by atoms with Crippen LogP contribution in [0.4, 0.5) is 10.1 Å². The Labute approximate surface area is 168 Å². The molecule has 6 nitrogen and oxygen atoms in total. The molecule has 0 spiro atoms. The van der Waals surface area contributed by atoms with Crippen molar-refractivity contribution in [2.75, 3.05) is 12.4 Å². The molecule has 2 aromatic rings. The molecule has 0 aliphatic heterocycles. The van der Waals surface area contributed by atoms with Gasteiger partial charge in [-0.25, -0.2) is 9.18 Å². The molecular formula is C22H23FN2O4. The summed E-state index contributed by atoms with van der Waals surface area (Å²) in [4.78, 5) is 38.6. The average molecular weight is 398 g/mol. The minimum atomic E-state index is -1.21. The van der Waals surface area contributed by atoms with Crippen molar-refractivity contribution in [3.8, 4) is 0 Å². The summed E-state index contributed by atoms with van der Waals surface area (Å²) in [6.07, 6.45) is 3.33. The summed E-state index contributed by atoms with van der Waals surface area (Å²) >= 11 is 0. The number of carbonyl (C=O) groups is 3. The van der Waals surface area contributed by atoms with Crippen molar-refractivity contribution in [3.63, 3.8) is 0 Å². The van der Waals surface area contributed by atoms with Crippen LogP contribution >= 0.6 is 0 Å². The summed E-state index contributed by atoms with van der Waals surface area (Å²) in [6, 6.07) is 11.5. The summed E-state index contributed by atoms with van der Waals surface area (Å²) in [7, 11) is 1.52. The van der Waals surface area contributed by atoms with Gasteiger partial charge in [-0.1, -0.05) is 25.3 Å². The number of carboxylic acids is 1. The molecule has 29 heavy (non-hydrogen) atoms. The Morgan fingerprint density at radius 2 is 1.66 bits per heavy atom. The number of nitrogens with one attached hydrogen (secondary N) is 1. The number of halogens is 1. The van der Waals surface area contributed by atoms with Crippen LogP contribution in [0.3, 0.4) is 0 Å². The highest BCUT2D eigenvalue weighted by atomic mass is 19.1. The second kappa shape index (κ2) is 8.43. The maximum atomic E-state index is 13.0. The molecule has 152 valence electrons. The molecule has 1 aliphatic rings. The van der Waals surface area contributed by atoms with Gasteiger partial charge in [-0.3, -0.25) is 9.59 Å². The lowest BCUT2D eigenvalue weighted by atomic mass is 9.80. The van der Waals surface area contributed by atoms with E-state index in [-0.39, 0.29) is 11.1 Å². The molecule has 1 aliphatic carbocycles. The Morgan fingerprint density at radius 3 is 2.28 bits per heavy atom. The molecule has 2 amide bonds. The van der Waals surface area contributed by atoms with Gasteiger partial charge in [0, 0.05) is 23.9 Å². The van der Waals surface area contributed by atoms with Crippen LogP contribution in [0.5, 0.6) is 0 Å². The van der Waals surface area contributed by atoms with E-state index in [1.54, 1.807) is 18.2 Å². The van der Waals surface area contributed by atoms with E-state index < -0.39 is 29.1 Å². The Kier molecular flexibility index (Phi) is 5.96. The van der Waals surface area contributed by atoms with E-state index >= 15 is 0 Å². The molecule has 1 fully saturated rings. The highest BCUT2D eigenvalue weighted by Crippen LogP contribution is 2.34. The van der Waals surface area contributed by atoms with Crippen LogP contribution in [0.15, 0.2) is 48.5 Å². The first-order valence-electron chi connectivity index (χ1n) is 9.52. The first-order valence-corrected chi connectivity index (χ1v) is 9.52. The first-order chi connectivity index (χ1) is 13.8. The van der Waals surface area contributed by atoms with Crippen LogP contribution in [0.25, 0.3) is 0 Å². The predicted octanol–water partition coefficient (Wildman–Crippen LogP) is 3.94. The zero-order valence-corrected chi connectivity index (χ0v) is 16.2. The lowest BCUT2D eigenvalue weighted by Gasteiger charge is -2.41. The van der Waals surface area contributed by atoms with E-state index in [1.165, 1.54) is 42.3 Å². The molecule has 0 unspecified atom stereocenters. The second-order valence-corrected chi connectivity index (χ2v) is 7.30. The highest BCUT2D eigenvalue weighted by Gasteiger charge is 2.45. The minimum absolute atomic E-state index is 0.285. The highest BCUT2D eigenvalue weighted by molar-refractivity contribution is 6.05. The number of likely N-dealkylation sites (N-methyl/N-ethyl adjacent to an activating group) is 1. The molecule has 2 N–H and O–H groups in total. The fourth-order valence-electron chi connectivity index (χ4n) is 3.75. The van der Waals surface area contributed by atoms with Crippen LogP contribution in [-0.2, 0) is 4.79 Å². The third-order valence-electron chi connectivity index (χ3n) is 5.50. The van der Waals surface area contributed by atoms with Gasteiger partial charge in [-0.05, 0) is 55.3 Å². The number of amides is 2. The van der Waals surface area contributed by atoms with Crippen LogP contribution in [0, 0.1) is 5.82 Å². The molecular weight excluding hydrogens is 375 g/mol. The summed E-state index contributed by atoms with van der Waals surface area (Å²) in [5, 5.41) is 12.5. The Bertz CT molecular complexity index is 921. The molecule has 3 rings (SSSR count). The molecule has 0 saturated heterocycles. The molecule has 0 heterocycles. The maximum absolute atomic E-state index is 13.0. The van der Waals surface area contributed by atoms with Crippen LogP contribution < -0.4 is 5.32 Å². The maximum Gasteiger partial charge on any atom is 0.329 e. The summed E-state index contributed by atoms with van der Waals surface area (Å²) in [6.45, 7) is 0. The van der Waals surface area contributed by atoms with E-state index in [0.717, 1.165) is 19.3 Å². The molecule has 7 heteroatoms. The van der Waals surface area contributed by atoms with Crippen LogP contribution in [-0.4, -0.2) is 40.4 Å². The van der Waals surface area contributed by atoms with Crippen LogP contribution in [0.1, 0.15) is 52.8 Å². The Hall–Kier alpha value is -3.22. The number of carbonyl (C=O) groups excluding carboxylic acids is 2. The largest absolute Gasteiger partial charge is 0.479 e. The topological polar surface area (TPSA) is 86.7 Å². The first kappa shape index (κ1) is 20.5. The second-order valence-electron chi connectivity index (χ2n) is 7.30. The third kappa shape index (κ3) is 4.29. The number of hydrogen-bond donors (Lipinski definition) is 2. The van der Waals surface area contributed by atoms with Crippen LogP contribution in [0.2, 0.25) is 0 Å². The zero-order valence-electron chi connectivity index (χ0n) is 16.2. The molecule has 0 aromatic heterocycles. The number of carboxylic acid groups (broad SMARTS) is 1. The molecule has 0 atom stereocenters. The van der Waals surface area contributed by atoms with Crippen molar-refractivity contribution in [1.29, 1.82) is 0 Å². The van der Waals surface area contributed by atoms with Gasteiger partial charge in [0.2, 0.25) is 0 Å². The summed E-state index contributed by atoms with van der Waals surface area (Å²) < 4.78 is 13.0. The van der Waals surface area contributed by atoms with Gasteiger partial charge in [-0.15, -0.1) is 0 Å². The van der Waals surface area contributed by atoms with Gasteiger partial charge in [-0.2, -0.15) is 0 Å². The SMILES string of the molecule is CN(C(=O)c1cccc(NC(=O)c2ccc(F)cc2)c1)C1(C(=O)O)CCCCC1. The van der Waals surface area contributed by atoms with Crippen molar-refractivity contribution >= 4 is 23.5 Å². The Balaban J connectivity index is 1.79. The van der Waals surface area contributed by atoms with Crippen molar-refractivity contribution in [3.05, 3.63) is 65.5 Å². The van der Waals surface area contributed by atoms with Gasteiger partial charge >= 0.3 is 5.97 Å². The summed E-state index contributed by atoms with van der Waals surface area (Å²) in [5.74, 6) is -2.27. The van der Waals surface area contributed by atoms with E-state index in [2.05, 4.69) is 5.32 Å². The number of nitrogens with zero attached hydrogens (tertiary/aromatic N) is 1.